The topological polar surface area (TPSA) is 70.6 Å². The van der Waals surface area contributed by atoms with Crippen molar-refractivity contribution >= 4 is 6.03 Å². The summed E-state index contributed by atoms with van der Waals surface area (Å²) >= 11 is 0. The second kappa shape index (κ2) is 8.37. The molecule has 106 valence electrons. The molecular weight excluding hydrogens is 244 g/mol. The Bertz CT molecular complexity index is 379. The van der Waals surface area contributed by atoms with Crippen molar-refractivity contribution in [2.24, 2.45) is 5.92 Å². The van der Waals surface area contributed by atoms with Crippen molar-refractivity contribution < 1.29 is 14.6 Å². The fourth-order valence-corrected chi connectivity index (χ4v) is 1.74. The Labute approximate surface area is 114 Å². The summed E-state index contributed by atoms with van der Waals surface area (Å²) in [5, 5.41) is 13.9. The Balaban J connectivity index is 2.29. The molecule has 1 aromatic carbocycles. The van der Waals surface area contributed by atoms with E-state index in [4.69, 9.17) is 9.84 Å². The SMILES string of the molecule is COc1ccc(CC(C)CNC(=O)NCCO)cc1. The van der Waals surface area contributed by atoms with Crippen LogP contribution >= 0.6 is 0 Å². The smallest absolute Gasteiger partial charge is 0.314 e. The third kappa shape index (κ3) is 6.10. The fraction of sp³-hybridized carbons (Fsp3) is 0.500. The minimum absolute atomic E-state index is 0.0468. The van der Waals surface area contributed by atoms with Crippen LogP contribution in [0, 0.1) is 5.92 Å². The van der Waals surface area contributed by atoms with Crippen LogP contribution in [0.1, 0.15) is 12.5 Å². The first-order valence-electron chi connectivity index (χ1n) is 6.41. The first-order valence-corrected chi connectivity index (χ1v) is 6.41. The summed E-state index contributed by atoms with van der Waals surface area (Å²) in [6.45, 7) is 2.91. The molecule has 5 heteroatoms. The molecular formula is C14H22N2O3. The minimum atomic E-state index is -0.240. The van der Waals surface area contributed by atoms with E-state index in [9.17, 15) is 4.79 Å². The Kier molecular flexibility index (Phi) is 6.74. The molecule has 19 heavy (non-hydrogen) atoms. The average molecular weight is 266 g/mol. The molecule has 1 atom stereocenters. The van der Waals surface area contributed by atoms with Gasteiger partial charge in [0.2, 0.25) is 0 Å². The van der Waals surface area contributed by atoms with Gasteiger partial charge < -0.3 is 20.5 Å². The minimum Gasteiger partial charge on any atom is -0.497 e. The lowest BCUT2D eigenvalue weighted by molar-refractivity contribution is 0.232. The largest absolute Gasteiger partial charge is 0.497 e. The van der Waals surface area contributed by atoms with E-state index in [0.29, 0.717) is 12.5 Å². The van der Waals surface area contributed by atoms with E-state index in [1.54, 1.807) is 7.11 Å². The van der Waals surface area contributed by atoms with E-state index >= 15 is 0 Å². The number of nitrogens with one attached hydrogen (secondary N) is 2. The summed E-state index contributed by atoms with van der Waals surface area (Å²) in [6.07, 6.45) is 0.893. The number of aliphatic hydroxyl groups is 1. The third-order valence-corrected chi connectivity index (χ3v) is 2.75. The molecule has 0 radical (unpaired) electrons. The lowest BCUT2D eigenvalue weighted by atomic mass is 10.0. The third-order valence-electron chi connectivity index (χ3n) is 2.75. The number of hydrogen-bond donors (Lipinski definition) is 3. The number of carbonyl (C=O) groups is 1. The Morgan fingerprint density at radius 2 is 2.00 bits per heavy atom. The van der Waals surface area contributed by atoms with Crippen LogP contribution in [-0.4, -0.2) is 37.9 Å². The highest BCUT2D eigenvalue weighted by Gasteiger charge is 2.06. The van der Waals surface area contributed by atoms with Crippen molar-refractivity contribution in [1.82, 2.24) is 10.6 Å². The van der Waals surface area contributed by atoms with Gasteiger partial charge in [-0.2, -0.15) is 0 Å². The molecule has 0 spiro atoms. The van der Waals surface area contributed by atoms with Gasteiger partial charge in [0, 0.05) is 13.1 Å². The zero-order valence-corrected chi connectivity index (χ0v) is 11.5. The monoisotopic (exact) mass is 266 g/mol. The van der Waals surface area contributed by atoms with Crippen LogP contribution in [-0.2, 0) is 6.42 Å². The van der Waals surface area contributed by atoms with Gasteiger partial charge in [-0.25, -0.2) is 4.79 Å². The highest BCUT2D eigenvalue weighted by Crippen LogP contribution is 2.14. The van der Waals surface area contributed by atoms with Gasteiger partial charge in [0.25, 0.3) is 0 Å². The summed E-state index contributed by atoms with van der Waals surface area (Å²) in [5.41, 5.74) is 1.21. The Morgan fingerprint density at radius 3 is 2.58 bits per heavy atom. The molecule has 0 aromatic heterocycles. The van der Waals surface area contributed by atoms with Crippen molar-refractivity contribution in [2.75, 3.05) is 26.8 Å². The molecule has 0 fully saturated rings. The van der Waals surface area contributed by atoms with Gasteiger partial charge in [-0.3, -0.25) is 0 Å². The van der Waals surface area contributed by atoms with E-state index in [1.165, 1.54) is 5.56 Å². The molecule has 0 bridgehead atoms. The fourth-order valence-electron chi connectivity index (χ4n) is 1.74. The average Bonchev–Trinajstić information content (AvgIpc) is 2.43. The predicted molar refractivity (Wildman–Crippen MR) is 74.3 cm³/mol. The van der Waals surface area contributed by atoms with Crippen LogP contribution in [0.15, 0.2) is 24.3 Å². The Morgan fingerprint density at radius 1 is 1.32 bits per heavy atom. The van der Waals surface area contributed by atoms with Crippen molar-refractivity contribution in [1.29, 1.82) is 0 Å². The van der Waals surface area contributed by atoms with E-state index in [2.05, 4.69) is 17.6 Å². The number of rotatable bonds is 7. The molecule has 1 aromatic rings. The number of methoxy groups -OCH3 is 1. The second-order valence-electron chi connectivity index (χ2n) is 4.52. The van der Waals surface area contributed by atoms with E-state index in [-0.39, 0.29) is 19.2 Å². The maximum absolute atomic E-state index is 11.3. The molecule has 3 N–H and O–H groups in total. The zero-order chi connectivity index (χ0) is 14.1. The van der Waals surface area contributed by atoms with Gasteiger partial charge in [-0.1, -0.05) is 19.1 Å². The molecule has 0 aliphatic heterocycles. The standard InChI is InChI=1S/C14H22N2O3/c1-11(10-16-14(18)15-7-8-17)9-12-3-5-13(19-2)6-4-12/h3-6,11,17H,7-10H2,1-2H3,(H2,15,16,18). The highest BCUT2D eigenvalue weighted by molar-refractivity contribution is 5.73. The maximum atomic E-state index is 11.3. The second-order valence-corrected chi connectivity index (χ2v) is 4.52. The lowest BCUT2D eigenvalue weighted by Crippen LogP contribution is -2.39. The van der Waals surface area contributed by atoms with E-state index in [0.717, 1.165) is 12.2 Å². The van der Waals surface area contributed by atoms with Gasteiger partial charge in [-0.05, 0) is 30.0 Å². The van der Waals surface area contributed by atoms with Crippen LogP contribution in [0.2, 0.25) is 0 Å². The van der Waals surface area contributed by atoms with E-state index in [1.807, 2.05) is 24.3 Å². The molecule has 0 heterocycles. The molecule has 1 rings (SSSR count). The van der Waals surface area contributed by atoms with Crippen molar-refractivity contribution in [3.8, 4) is 5.75 Å². The summed E-state index contributed by atoms with van der Waals surface area (Å²) in [5.74, 6) is 1.19. The van der Waals surface area contributed by atoms with Gasteiger partial charge in [0.1, 0.15) is 5.75 Å². The number of carbonyl (C=O) groups excluding carboxylic acids is 1. The first-order chi connectivity index (χ1) is 9.15. The quantitative estimate of drug-likeness (QED) is 0.693. The molecule has 0 saturated heterocycles. The van der Waals surface area contributed by atoms with Gasteiger partial charge >= 0.3 is 6.03 Å². The molecule has 1 unspecified atom stereocenters. The lowest BCUT2D eigenvalue weighted by Gasteiger charge is -2.13. The zero-order valence-electron chi connectivity index (χ0n) is 11.5. The number of ether oxygens (including phenoxy) is 1. The van der Waals surface area contributed by atoms with Gasteiger partial charge in [0.05, 0.1) is 13.7 Å². The number of hydrogen-bond acceptors (Lipinski definition) is 3. The number of benzene rings is 1. The molecule has 0 saturated carbocycles. The highest BCUT2D eigenvalue weighted by atomic mass is 16.5. The number of urea groups is 1. The molecule has 0 aliphatic rings. The van der Waals surface area contributed by atoms with Crippen molar-refractivity contribution in [3.05, 3.63) is 29.8 Å². The van der Waals surface area contributed by atoms with Gasteiger partial charge in [-0.15, -0.1) is 0 Å². The normalized spacial score (nSPS) is 11.7. The number of amides is 2. The number of aliphatic hydroxyl groups excluding tert-OH is 1. The maximum Gasteiger partial charge on any atom is 0.314 e. The summed E-state index contributed by atoms with van der Waals surface area (Å²) in [7, 11) is 1.65. The Hall–Kier alpha value is -1.75. The van der Waals surface area contributed by atoms with Crippen LogP contribution in [0.4, 0.5) is 4.79 Å². The van der Waals surface area contributed by atoms with Gasteiger partial charge in [0.15, 0.2) is 0 Å². The summed E-state index contributed by atoms with van der Waals surface area (Å²) in [4.78, 5) is 11.3. The van der Waals surface area contributed by atoms with Crippen molar-refractivity contribution in [2.45, 2.75) is 13.3 Å². The van der Waals surface area contributed by atoms with Crippen molar-refractivity contribution in [3.63, 3.8) is 0 Å². The van der Waals surface area contributed by atoms with E-state index < -0.39 is 0 Å². The molecule has 0 aliphatic carbocycles. The van der Waals surface area contributed by atoms with Crippen LogP contribution < -0.4 is 15.4 Å². The summed E-state index contributed by atoms with van der Waals surface area (Å²) < 4.78 is 5.10. The predicted octanol–water partition coefficient (Wildman–Crippen LogP) is 1.17. The molecule has 5 nitrogen and oxygen atoms in total. The summed E-state index contributed by atoms with van der Waals surface area (Å²) in [6, 6.07) is 7.69. The van der Waals surface area contributed by atoms with Crippen LogP contribution in [0.25, 0.3) is 0 Å². The van der Waals surface area contributed by atoms with Crippen LogP contribution in [0.5, 0.6) is 5.75 Å². The van der Waals surface area contributed by atoms with Crippen LogP contribution in [0.3, 0.4) is 0 Å². The molecule has 2 amide bonds. The first kappa shape index (κ1) is 15.3.